The number of ether oxygens (including phenoxy) is 2. The molecule has 2 heterocycles. The molecular weight excluding hydrogens is 410 g/mol. The Morgan fingerprint density at radius 2 is 1.77 bits per heavy atom. The molecule has 0 saturated carbocycles. The van der Waals surface area contributed by atoms with Gasteiger partial charge in [-0.05, 0) is 62.6 Å². The lowest BCUT2D eigenvalue weighted by Crippen LogP contribution is -2.37. The van der Waals surface area contributed by atoms with Crippen LogP contribution in [0.5, 0.6) is 11.5 Å². The Kier molecular flexibility index (Phi) is 6.70. The van der Waals surface area contributed by atoms with E-state index in [0.717, 1.165) is 52.8 Å². The van der Waals surface area contributed by atoms with Gasteiger partial charge < -0.3 is 18.9 Å². The van der Waals surface area contributed by atoms with Crippen LogP contribution in [0.4, 0.5) is 0 Å². The third-order valence-electron chi connectivity index (χ3n) is 5.49. The molecule has 3 aromatic rings. The molecule has 0 N–H and O–H groups in total. The van der Waals surface area contributed by atoms with Crippen molar-refractivity contribution in [1.29, 1.82) is 0 Å². The van der Waals surface area contributed by atoms with Crippen LogP contribution in [0.15, 0.2) is 41.6 Å². The summed E-state index contributed by atoms with van der Waals surface area (Å²) in [5, 5.41) is 0.898. The lowest BCUT2D eigenvalue weighted by atomic mass is 9.99. The standard InChI is InChI=1S/C24H29N3O3S/c1-4-27-20-10-8-7-9-19(20)25-24(27)31-16-23(28)26-12-11-17-13-21(29-5-2)22(30-6-3)14-18(17)15-26/h7-10,13-14H,4-6,11-12,15-16H2,1-3H3. The highest BCUT2D eigenvalue weighted by Crippen LogP contribution is 2.34. The van der Waals surface area contributed by atoms with Crippen LogP contribution in [-0.2, 0) is 24.3 Å². The minimum Gasteiger partial charge on any atom is -0.490 e. The van der Waals surface area contributed by atoms with Gasteiger partial charge in [0.25, 0.3) is 0 Å². The Labute approximate surface area is 187 Å². The van der Waals surface area contributed by atoms with Gasteiger partial charge in [0.2, 0.25) is 5.91 Å². The zero-order valence-electron chi connectivity index (χ0n) is 18.4. The van der Waals surface area contributed by atoms with Gasteiger partial charge in [0.1, 0.15) is 0 Å². The highest BCUT2D eigenvalue weighted by Gasteiger charge is 2.24. The number of para-hydroxylation sites is 2. The van der Waals surface area contributed by atoms with Crippen LogP contribution in [0.3, 0.4) is 0 Å². The predicted molar refractivity (Wildman–Crippen MR) is 124 cm³/mol. The van der Waals surface area contributed by atoms with Crippen molar-refractivity contribution in [3.63, 3.8) is 0 Å². The van der Waals surface area contributed by atoms with Gasteiger partial charge in [0, 0.05) is 19.6 Å². The quantitative estimate of drug-likeness (QED) is 0.483. The molecule has 1 amide bonds. The number of carbonyl (C=O) groups is 1. The van der Waals surface area contributed by atoms with Gasteiger partial charge in [0.15, 0.2) is 16.7 Å². The number of carbonyl (C=O) groups excluding carboxylic acids is 1. The van der Waals surface area contributed by atoms with E-state index in [9.17, 15) is 4.79 Å². The van der Waals surface area contributed by atoms with Crippen LogP contribution in [0.25, 0.3) is 11.0 Å². The number of nitrogens with zero attached hydrogens (tertiary/aromatic N) is 3. The Morgan fingerprint density at radius 1 is 1.06 bits per heavy atom. The average Bonchev–Trinajstić information content (AvgIpc) is 3.15. The van der Waals surface area contributed by atoms with E-state index in [-0.39, 0.29) is 5.91 Å². The number of aryl methyl sites for hydroxylation is 1. The van der Waals surface area contributed by atoms with Gasteiger partial charge in [-0.1, -0.05) is 23.9 Å². The van der Waals surface area contributed by atoms with Gasteiger partial charge in [-0.2, -0.15) is 0 Å². The molecule has 2 aromatic carbocycles. The molecule has 0 radical (unpaired) electrons. The van der Waals surface area contributed by atoms with Crippen LogP contribution in [0.1, 0.15) is 31.9 Å². The summed E-state index contributed by atoms with van der Waals surface area (Å²) < 4.78 is 13.7. The van der Waals surface area contributed by atoms with Gasteiger partial charge in [-0.3, -0.25) is 4.79 Å². The number of fused-ring (bicyclic) bond motifs is 2. The van der Waals surface area contributed by atoms with Crippen molar-refractivity contribution < 1.29 is 14.3 Å². The first-order valence-electron chi connectivity index (χ1n) is 10.9. The number of benzene rings is 2. The second-order valence-corrected chi connectivity index (χ2v) is 8.36. The molecule has 0 bridgehead atoms. The van der Waals surface area contributed by atoms with E-state index in [1.807, 2.05) is 43.0 Å². The number of hydrogen-bond acceptors (Lipinski definition) is 5. The molecule has 0 atom stereocenters. The maximum atomic E-state index is 13.0. The maximum Gasteiger partial charge on any atom is 0.233 e. The van der Waals surface area contributed by atoms with E-state index in [0.29, 0.717) is 25.5 Å². The van der Waals surface area contributed by atoms with Crippen molar-refractivity contribution >= 4 is 28.7 Å². The molecule has 31 heavy (non-hydrogen) atoms. The average molecular weight is 440 g/mol. The summed E-state index contributed by atoms with van der Waals surface area (Å²) >= 11 is 1.52. The third-order valence-corrected chi connectivity index (χ3v) is 6.45. The highest BCUT2D eigenvalue weighted by molar-refractivity contribution is 7.99. The normalized spacial score (nSPS) is 13.3. The monoisotopic (exact) mass is 439 g/mol. The zero-order chi connectivity index (χ0) is 21.8. The number of amides is 1. The summed E-state index contributed by atoms with van der Waals surface area (Å²) in [7, 11) is 0. The second kappa shape index (κ2) is 9.64. The van der Waals surface area contributed by atoms with E-state index >= 15 is 0 Å². The zero-order valence-corrected chi connectivity index (χ0v) is 19.2. The van der Waals surface area contributed by atoms with E-state index in [4.69, 9.17) is 14.5 Å². The first kappa shape index (κ1) is 21.6. The largest absolute Gasteiger partial charge is 0.490 e. The number of hydrogen-bond donors (Lipinski definition) is 0. The fourth-order valence-electron chi connectivity index (χ4n) is 4.00. The summed E-state index contributed by atoms with van der Waals surface area (Å²) in [5.41, 5.74) is 4.45. The molecule has 1 aliphatic heterocycles. The molecule has 0 saturated heterocycles. The third kappa shape index (κ3) is 4.51. The highest BCUT2D eigenvalue weighted by atomic mass is 32.2. The molecule has 7 heteroatoms. The SMILES string of the molecule is CCOc1cc2c(cc1OCC)CN(C(=O)CSc1nc3ccccc3n1CC)CC2. The first-order valence-corrected chi connectivity index (χ1v) is 11.9. The number of rotatable bonds is 8. The van der Waals surface area contributed by atoms with Gasteiger partial charge in [-0.15, -0.1) is 0 Å². The van der Waals surface area contributed by atoms with Crippen molar-refractivity contribution in [2.75, 3.05) is 25.5 Å². The number of aromatic nitrogens is 2. The molecule has 4 rings (SSSR count). The lowest BCUT2D eigenvalue weighted by molar-refractivity contribution is -0.129. The first-order chi connectivity index (χ1) is 15.1. The van der Waals surface area contributed by atoms with Crippen LogP contribution in [0, 0.1) is 0 Å². The molecule has 164 valence electrons. The molecule has 6 nitrogen and oxygen atoms in total. The fraction of sp³-hybridized carbons (Fsp3) is 0.417. The Balaban J connectivity index is 1.46. The van der Waals surface area contributed by atoms with Gasteiger partial charge in [0.05, 0.1) is 30.0 Å². The fourth-order valence-corrected chi connectivity index (χ4v) is 4.98. The van der Waals surface area contributed by atoms with Crippen molar-refractivity contribution in [3.05, 3.63) is 47.5 Å². The second-order valence-electron chi connectivity index (χ2n) is 7.41. The lowest BCUT2D eigenvalue weighted by Gasteiger charge is -2.29. The molecule has 0 unspecified atom stereocenters. The van der Waals surface area contributed by atoms with Crippen molar-refractivity contribution in [2.45, 2.75) is 45.4 Å². The van der Waals surface area contributed by atoms with E-state index in [2.05, 4.69) is 23.6 Å². The summed E-state index contributed by atoms with van der Waals surface area (Å²) in [6.45, 7) is 9.37. The maximum absolute atomic E-state index is 13.0. The minimum absolute atomic E-state index is 0.136. The number of thioether (sulfide) groups is 1. The van der Waals surface area contributed by atoms with Crippen LogP contribution in [-0.4, -0.2) is 45.9 Å². The Morgan fingerprint density at radius 3 is 2.48 bits per heavy atom. The van der Waals surface area contributed by atoms with Crippen molar-refractivity contribution in [3.8, 4) is 11.5 Å². The summed E-state index contributed by atoms with van der Waals surface area (Å²) in [5.74, 6) is 2.06. The molecule has 0 fully saturated rings. The van der Waals surface area contributed by atoms with Gasteiger partial charge in [-0.25, -0.2) is 4.98 Å². The van der Waals surface area contributed by atoms with E-state index in [1.54, 1.807) is 0 Å². The Bertz CT molecular complexity index is 1080. The molecule has 1 aromatic heterocycles. The summed E-state index contributed by atoms with van der Waals surface area (Å²) in [4.78, 5) is 19.6. The van der Waals surface area contributed by atoms with Crippen molar-refractivity contribution in [1.82, 2.24) is 14.5 Å². The number of imidazole rings is 1. The summed E-state index contributed by atoms with van der Waals surface area (Å²) in [6, 6.07) is 12.2. The topological polar surface area (TPSA) is 56.6 Å². The molecular formula is C24H29N3O3S. The van der Waals surface area contributed by atoms with Crippen LogP contribution < -0.4 is 9.47 Å². The van der Waals surface area contributed by atoms with Gasteiger partial charge >= 0.3 is 0 Å². The van der Waals surface area contributed by atoms with Crippen LogP contribution >= 0.6 is 11.8 Å². The summed E-state index contributed by atoms with van der Waals surface area (Å²) in [6.07, 6.45) is 0.825. The predicted octanol–water partition coefficient (Wildman–Crippen LogP) is 4.53. The van der Waals surface area contributed by atoms with Crippen molar-refractivity contribution in [2.24, 2.45) is 0 Å². The minimum atomic E-state index is 0.136. The van der Waals surface area contributed by atoms with E-state index < -0.39 is 0 Å². The van der Waals surface area contributed by atoms with E-state index in [1.165, 1.54) is 17.3 Å². The Hall–Kier alpha value is -2.67. The van der Waals surface area contributed by atoms with Crippen LogP contribution in [0.2, 0.25) is 0 Å². The smallest absolute Gasteiger partial charge is 0.233 e. The molecule has 0 aliphatic carbocycles. The molecule has 0 spiro atoms. The molecule has 1 aliphatic rings.